The van der Waals surface area contributed by atoms with Crippen molar-refractivity contribution in [3.05, 3.63) is 29.8 Å². The summed E-state index contributed by atoms with van der Waals surface area (Å²) in [5.41, 5.74) is 6.62. The second-order valence-corrected chi connectivity index (χ2v) is 6.83. The van der Waals surface area contributed by atoms with Gasteiger partial charge in [-0.15, -0.1) is 0 Å². The minimum atomic E-state index is -3.06. The van der Waals surface area contributed by atoms with E-state index in [0.29, 0.717) is 25.3 Å². The Bertz CT molecular complexity index is 470. The average Bonchev–Trinajstić information content (AvgIpc) is 2.41. The van der Waals surface area contributed by atoms with Gasteiger partial charge in [0.15, 0.2) is 9.84 Å². The van der Waals surface area contributed by atoms with E-state index in [-0.39, 0.29) is 18.1 Å². The van der Waals surface area contributed by atoms with Gasteiger partial charge in [-0.25, -0.2) is 8.42 Å². The molecule has 0 aliphatic heterocycles. The molecule has 0 aliphatic carbocycles. The van der Waals surface area contributed by atoms with Crippen molar-refractivity contribution in [2.75, 3.05) is 38.4 Å². The molecule has 0 aliphatic rings. The van der Waals surface area contributed by atoms with Crippen LogP contribution in [0.2, 0.25) is 0 Å². The highest BCUT2D eigenvalue weighted by molar-refractivity contribution is 7.91. The van der Waals surface area contributed by atoms with Gasteiger partial charge in [0.05, 0.1) is 11.5 Å². The van der Waals surface area contributed by atoms with Crippen LogP contribution in [0.1, 0.15) is 12.0 Å². The SMILES string of the molecule is COCCCS(=O)(=O)CCOc1ccc(CCN)cc1. The molecule has 114 valence electrons. The van der Waals surface area contributed by atoms with E-state index >= 15 is 0 Å². The molecule has 5 nitrogen and oxygen atoms in total. The van der Waals surface area contributed by atoms with Crippen molar-refractivity contribution in [3.63, 3.8) is 0 Å². The fourth-order valence-electron chi connectivity index (χ4n) is 1.73. The van der Waals surface area contributed by atoms with Crippen LogP contribution in [0.5, 0.6) is 5.75 Å². The normalized spacial score (nSPS) is 11.5. The van der Waals surface area contributed by atoms with Crippen molar-refractivity contribution in [2.45, 2.75) is 12.8 Å². The lowest BCUT2D eigenvalue weighted by molar-refractivity contribution is 0.199. The molecule has 2 N–H and O–H groups in total. The van der Waals surface area contributed by atoms with Crippen LogP contribution in [0.3, 0.4) is 0 Å². The van der Waals surface area contributed by atoms with Gasteiger partial charge in [-0.05, 0) is 37.1 Å². The van der Waals surface area contributed by atoms with E-state index in [0.717, 1.165) is 12.0 Å². The monoisotopic (exact) mass is 301 g/mol. The number of ether oxygens (including phenoxy) is 2. The van der Waals surface area contributed by atoms with Crippen molar-refractivity contribution in [2.24, 2.45) is 5.73 Å². The van der Waals surface area contributed by atoms with Gasteiger partial charge in [0.25, 0.3) is 0 Å². The molecule has 0 amide bonds. The second kappa shape index (κ2) is 8.94. The maximum absolute atomic E-state index is 11.7. The summed E-state index contributed by atoms with van der Waals surface area (Å²) in [6.07, 6.45) is 1.35. The number of hydrogen-bond acceptors (Lipinski definition) is 5. The molecule has 1 aromatic carbocycles. The predicted octanol–water partition coefficient (Wildman–Crippen LogP) is 1.02. The molecule has 0 fully saturated rings. The molecule has 1 aromatic rings. The summed E-state index contributed by atoms with van der Waals surface area (Å²) < 4.78 is 33.6. The number of benzene rings is 1. The second-order valence-electron chi connectivity index (χ2n) is 4.53. The Hall–Kier alpha value is -1.11. The standard InChI is InChI=1S/C14H23NO4S/c1-18-9-2-11-20(16,17)12-10-19-14-5-3-13(4-6-14)7-8-15/h3-6H,2,7-12,15H2,1H3. The third kappa shape index (κ3) is 6.88. The molecule has 0 bridgehead atoms. The zero-order chi connectivity index (χ0) is 14.8. The van der Waals surface area contributed by atoms with Crippen molar-refractivity contribution in [1.82, 2.24) is 0 Å². The molecular weight excluding hydrogens is 278 g/mol. The van der Waals surface area contributed by atoms with Crippen LogP contribution in [0, 0.1) is 0 Å². The first kappa shape index (κ1) is 16.9. The summed E-state index contributed by atoms with van der Waals surface area (Å²) in [6, 6.07) is 7.55. The summed E-state index contributed by atoms with van der Waals surface area (Å²) >= 11 is 0. The highest BCUT2D eigenvalue weighted by Crippen LogP contribution is 2.12. The van der Waals surface area contributed by atoms with Gasteiger partial charge < -0.3 is 15.2 Å². The Morgan fingerprint density at radius 3 is 2.40 bits per heavy atom. The fraction of sp³-hybridized carbons (Fsp3) is 0.571. The lowest BCUT2D eigenvalue weighted by atomic mass is 10.1. The van der Waals surface area contributed by atoms with Gasteiger partial charge in [-0.1, -0.05) is 12.1 Å². The molecule has 0 aromatic heterocycles. The van der Waals surface area contributed by atoms with E-state index in [4.69, 9.17) is 15.2 Å². The van der Waals surface area contributed by atoms with E-state index < -0.39 is 9.84 Å². The van der Waals surface area contributed by atoms with E-state index in [1.54, 1.807) is 7.11 Å². The molecule has 1 rings (SSSR count). The number of nitrogens with two attached hydrogens (primary N) is 1. The zero-order valence-corrected chi connectivity index (χ0v) is 12.7. The number of hydrogen-bond donors (Lipinski definition) is 1. The molecule has 6 heteroatoms. The summed E-state index contributed by atoms with van der Waals surface area (Å²) in [6.45, 7) is 1.24. The molecule has 0 unspecified atom stereocenters. The van der Waals surface area contributed by atoms with Crippen LogP contribution in [-0.4, -0.2) is 46.8 Å². The first-order chi connectivity index (χ1) is 9.57. The lowest BCUT2D eigenvalue weighted by Crippen LogP contribution is -2.18. The minimum absolute atomic E-state index is 0.0290. The first-order valence-corrected chi connectivity index (χ1v) is 8.50. The molecule has 0 radical (unpaired) electrons. The van der Waals surface area contributed by atoms with Gasteiger partial charge in [0.2, 0.25) is 0 Å². The maximum Gasteiger partial charge on any atom is 0.153 e. The highest BCUT2D eigenvalue weighted by Gasteiger charge is 2.10. The van der Waals surface area contributed by atoms with E-state index in [1.165, 1.54) is 0 Å². The van der Waals surface area contributed by atoms with E-state index in [2.05, 4.69) is 0 Å². The van der Waals surface area contributed by atoms with Crippen LogP contribution in [0.25, 0.3) is 0 Å². The highest BCUT2D eigenvalue weighted by atomic mass is 32.2. The van der Waals surface area contributed by atoms with Gasteiger partial charge >= 0.3 is 0 Å². The molecule has 20 heavy (non-hydrogen) atoms. The Morgan fingerprint density at radius 2 is 1.80 bits per heavy atom. The Kier molecular flexibility index (Phi) is 7.58. The summed E-state index contributed by atoms with van der Waals surface area (Å²) in [5, 5.41) is 0. The van der Waals surface area contributed by atoms with Crippen molar-refractivity contribution in [3.8, 4) is 5.75 Å². The van der Waals surface area contributed by atoms with Gasteiger partial charge in [0, 0.05) is 13.7 Å². The van der Waals surface area contributed by atoms with Crippen LogP contribution in [0.4, 0.5) is 0 Å². The lowest BCUT2D eigenvalue weighted by Gasteiger charge is -2.08. The third-order valence-electron chi connectivity index (χ3n) is 2.82. The number of methoxy groups -OCH3 is 1. The number of sulfone groups is 1. The molecular formula is C14H23NO4S. The smallest absolute Gasteiger partial charge is 0.153 e. The largest absolute Gasteiger partial charge is 0.493 e. The summed E-state index contributed by atoms with van der Waals surface area (Å²) in [5.74, 6) is 0.846. The predicted molar refractivity (Wildman–Crippen MR) is 79.8 cm³/mol. The number of rotatable bonds is 10. The van der Waals surface area contributed by atoms with Crippen LogP contribution >= 0.6 is 0 Å². The summed E-state index contributed by atoms with van der Waals surface area (Å²) in [7, 11) is -1.50. The quantitative estimate of drug-likeness (QED) is 0.653. The molecule has 0 spiro atoms. The Balaban J connectivity index is 2.32. The van der Waals surface area contributed by atoms with Crippen molar-refractivity contribution < 1.29 is 17.9 Å². The average molecular weight is 301 g/mol. The minimum Gasteiger partial charge on any atom is -0.493 e. The summed E-state index contributed by atoms with van der Waals surface area (Å²) in [4.78, 5) is 0. The van der Waals surface area contributed by atoms with Crippen LogP contribution < -0.4 is 10.5 Å². The molecule has 0 saturated carbocycles. The van der Waals surface area contributed by atoms with Crippen molar-refractivity contribution >= 4 is 9.84 Å². The zero-order valence-electron chi connectivity index (χ0n) is 11.9. The Morgan fingerprint density at radius 1 is 1.10 bits per heavy atom. The van der Waals surface area contributed by atoms with Crippen molar-refractivity contribution in [1.29, 1.82) is 0 Å². The molecule has 0 heterocycles. The van der Waals surface area contributed by atoms with Crippen LogP contribution in [-0.2, 0) is 21.0 Å². The Labute approximate surface area is 121 Å². The van der Waals surface area contributed by atoms with E-state index in [9.17, 15) is 8.42 Å². The van der Waals surface area contributed by atoms with E-state index in [1.807, 2.05) is 24.3 Å². The maximum atomic E-state index is 11.7. The van der Waals surface area contributed by atoms with Crippen LogP contribution in [0.15, 0.2) is 24.3 Å². The molecule has 0 saturated heterocycles. The fourth-order valence-corrected chi connectivity index (χ4v) is 2.83. The van der Waals surface area contributed by atoms with Gasteiger partial charge in [0.1, 0.15) is 12.4 Å². The first-order valence-electron chi connectivity index (χ1n) is 6.68. The van der Waals surface area contributed by atoms with Gasteiger partial charge in [-0.3, -0.25) is 0 Å². The third-order valence-corrected chi connectivity index (χ3v) is 4.52. The topological polar surface area (TPSA) is 78.6 Å². The molecule has 0 atom stereocenters. The van der Waals surface area contributed by atoms with Gasteiger partial charge in [-0.2, -0.15) is 0 Å².